The van der Waals surface area contributed by atoms with Crippen molar-refractivity contribution >= 4 is 23.5 Å². The second-order valence-electron chi connectivity index (χ2n) is 5.49. The van der Waals surface area contributed by atoms with Crippen molar-refractivity contribution in [2.24, 2.45) is 0 Å². The van der Waals surface area contributed by atoms with Crippen molar-refractivity contribution in [1.29, 1.82) is 0 Å². The zero-order valence-corrected chi connectivity index (χ0v) is 13.4. The Bertz CT molecular complexity index is 759. The maximum atomic E-state index is 11.9. The molecule has 0 spiro atoms. The fraction of sp³-hybridized carbons (Fsp3) is 0.167. The summed E-state index contributed by atoms with van der Waals surface area (Å²) < 4.78 is 5.67. The third-order valence-electron chi connectivity index (χ3n) is 3.63. The summed E-state index contributed by atoms with van der Waals surface area (Å²) in [5.74, 6) is -0.177. The highest BCUT2D eigenvalue weighted by molar-refractivity contribution is 6.06. The van der Waals surface area contributed by atoms with Crippen LogP contribution >= 0.6 is 0 Å². The van der Waals surface area contributed by atoms with Crippen LogP contribution in [-0.4, -0.2) is 35.8 Å². The first-order valence-electron chi connectivity index (χ1n) is 7.76. The number of rotatable bonds is 6. The van der Waals surface area contributed by atoms with Crippen LogP contribution in [0.1, 0.15) is 5.56 Å². The predicted molar refractivity (Wildman–Crippen MR) is 91.0 cm³/mol. The average Bonchev–Trinajstić information content (AvgIpc) is 2.94. The number of nitrogens with zero attached hydrogens (tertiary/aromatic N) is 1. The summed E-state index contributed by atoms with van der Waals surface area (Å²) in [7, 11) is 0. The number of hydrogen-bond acceptors (Lipinski definition) is 4. The minimum Gasteiger partial charge on any atom is -0.489 e. The van der Waals surface area contributed by atoms with E-state index in [1.54, 1.807) is 24.3 Å². The third-order valence-corrected chi connectivity index (χ3v) is 3.63. The molecule has 1 heterocycles. The monoisotopic (exact) mass is 339 g/mol. The molecule has 1 saturated heterocycles. The molecule has 1 fully saturated rings. The summed E-state index contributed by atoms with van der Waals surface area (Å²) in [5.41, 5.74) is 1.62. The molecule has 25 heavy (non-hydrogen) atoms. The maximum absolute atomic E-state index is 11.9. The number of hydrogen-bond donors (Lipinski definition) is 2. The van der Waals surface area contributed by atoms with E-state index in [1.807, 2.05) is 30.3 Å². The van der Waals surface area contributed by atoms with Crippen molar-refractivity contribution in [3.8, 4) is 5.75 Å². The highest BCUT2D eigenvalue weighted by Crippen LogP contribution is 2.17. The molecular weight excluding hydrogens is 322 g/mol. The molecule has 1 aliphatic heterocycles. The van der Waals surface area contributed by atoms with Crippen LogP contribution in [0.25, 0.3) is 0 Å². The molecule has 2 aromatic rings. The van der Waals surface area contributed by atoms with Crippen molar-refractivity contribution in [3.05, 3.63) is 60.2 Å². The molecule has 0 bridgehead atoms. The lowest BCUT2D eigenvalue weighted by atomic mass is 10.2. The van der Waals surface area contributed by atoms with Crippen LogP contribution < -0.4 is 15.4 Å². The summed E-state index contributed by atoms with van der Waals surface area (Å²) in [6, 6.07) is 16.1. The van der Waals surface area contributed by atoms with E-state index in [-0.39, 0.29) is 13.1 Å². The van der Waals surface area contributed by atoms with Gasteiger partial charge in [0, 0.05) is 5.69 Å². The van der Waals surface area contributed by atoms with Gasteiger partial charge >= 0.3 is 6.03 Å². The van der Waals surface area contributed by atoms with E-state index >= 15 is 0 Å². The van der Waals surface area contributed by atoms with Gasteiger partial charge in [-0.1, -0.05) is 30.3 Å². The zero-order chi connectivity index (χ0) is 17.6. The first kappa shape index (κ1) is 16.5. The molecule has 0 aromatic heterocycles. The first-order chi connectivity index (χ1) is 12.1. The van der Waals surface area contributed by atoms with Gasteiger partial charge < -0.3 is 15.4 Å². The number of amides is 4. The van der Waals surface area contributed by atoms with Crippen LogP contribution in [0.15, 0.2) is 54.6 Å². The smallest absolute Gasteiger partial charge is 0.325 e. The molecule has 7 nitrogen and oxygen atoms in total. The molecule has 1 aliphatic rings. The van der Waals surface area contributed by atoms with Gasteiger partial charge in [0.1, 0.15) is 18.9 Å². The van der Waals surface area contributed by atoms with Crippen molar-refractivity contribution in [3.63, 3.8) is 0 Å². The average molecular weight is 339 g/mol. The van der Waals surface area contributed by atoms with Crippen LogP contribution in [-0.2, 0) is 16.2 Å². The van der Waals surface area contributed by atoms with Gasteiger partial charge in [0.15, 0.2) is 0 Å². The Hall–Kier alpha value is -3.35. The van der Waals surface area contributed by atoms with Gasteiger partial charge in [-0.2, -0.15) is 0 Å². The van der Waals surface area contributed by atoms with Crippen LogP contribution in [0.3, 0.4) is 0 Å². The highest BCUT2D eigenvalue weighted by Gasteiger charge is 2.30. The van der Waals surface area contributed by atoms with Gasteiger partial charge in [-0.3, -0.25) is 14.5 Å². The minimum absolute atomic E-state index is 0.0699. The number of carbonyl (C=O) groups excluding carboxylic acids is 3. The second-order valence-corrected chi connectivity index (χ2v) is 5.49. The van der Waals surface area contributed by atoms with Crippen molar-refractivity contribution in [2.45, 2.75) is 6.61 Å². The molecule has 128 valence electrons. The molecule has 0 atom stereocenters. The molecular formula is C18H17N3O4. The molecule has 0 radical (unpaired) electrons. The lowest BCUT2D eigenvalue weighted by Gasteiger charge is -2.12. The number of nitrogens with one attached hydrogen (secondary N) is 2. The van der Waals surface area contributed by atoms with E-state index in [2.05, 4.69) is 10.6 Å². The van der Waals surface area contributed by atoms with E-state index in [9.17, 15) is 14.4 Å². The van der Waals surface area contributed by atoms with Gasteiger partial charge in [-0.25, -0.2) is 4.79 Å². The summed E-state index contributed by atoms with van der Waals surface area (Å²) in [5, 5.41) is 5.01. The third kappa shape index (κ3) is 4.35. The lowest BCUT2D eigenvalue weighted by Crippen LogP contribution is -2.38. The summed E-state index contributed by atoms with van der Waals surface area (Å²) in [6.07, 6.45) is 0. The number of benzene rings is 2. The van der Waals surface area contributed by atoms with E-state index in [1.165, 1.54) is 0 Å². The Morgan fingerprint density at radius 1 is 1.08 bits per heavy atom. The highest BCUT2D eigenvalue weighted by atomic mass is 16.5. The van der Waals surface area contributed by atoms with Gasteiger partial charge in [0.2, 0.25) is 5.91 Å². The largest absolute Gasteiger partial charge is 0.489 e. The van der Waals surface area contributed by atoms with Gasteiger partial charge in [-0.05, 0) is 29.8 Å². The fourth-order valence-electron chi connectivity index (χ4n) is 2.33. The lowest BCUT2D eigenvalue weighted by molar-refractivity contribution is -0.128. The standard InChI is InChI=1S/C18H17N3O4/c22-16(11-21-17(23)10-19-18(21)24)20-14-6-8-15(9-7-14)25-12-13-4-2-1-3-5-13/h1-9H,10-12H2,(H,19,24)(H,20,22). The normalized spacial score (nSPS) is 13.5. The summed E-state index contributed by atoms with van der Waals surface area (Å²) >= 11 is 0. The number of carbonyl (C=O) groups is 3. The first-order valence-corrected chi connectivity index (χ1v) is 7.76. The molecule has 2 N–H and O–H groups in total. The second kappa shape index (κ2) is 7.48. The topological polar surface area (TPSA) is 87.7 Å². The molecule has 7 heteroatoms. The Morgan fingerprint density at radius 2 is 1.80 bits per heavy atom. The Morgan fingerprint density at radius 3 is 2.44 bits per heavy atom. The quantitative estimate of drug-likeness (QED) is 0.785. The molecule has 0 unspecified atom stereocenters. The molecule has 0 saturated carbocycles. The van der Waals surface area contributed by atoms with E-state index in [0.29, 0.717) is 18.0 Å². The Labute approximate surface area is 144 Å². The molecule has 2 aromatic carbocycles. The van der Waals surface area contributed by atoms with Crippen molar-refractivity contribution in [1.82, 2.24) is 10.2 Å². The van der Waals surface area contributed by atoms with Crippen LogP contribution in [0, 0.1) is 0 Å². The fourth-order valence-corrected chi connectivity index (χ4v) is 2.33. The van der Waals surface area contributed by atoms with E-state index in [0.717, 1.165) is 10.5 Å². The van der Waals surface area contributed by atoms with Crippen LogP contribution in [0.2, 0.25) is 0 Å². The molecule has 3 rings (SSSR count). The van der Waals surface area contributed by atoms with E-state index in [4.69, 9.17) is 4.74 Å². The van der Waals surface area contributed by atoms with Crippen LogP contribution in [0.4, 0.5) is 10.5 Å². The van der Waals surface area contributed by atoms with Crippen molar-refractivity contribution < 1.29 is 19.1 Å². The number of anilines is 1. The Kier molecular flexibility index (Phi) is 4.94. The molecule has 4 amide bonds. The summed E-state index contributed by atoms with van der Waals surface area (Å²) in [4.78, 5) is 35.7. The van der Waals surface area contributed by atoms with Crippen molar-refractivity contribution in [2.75, 3.05) is 18.4 Å². The SMILES string of the molecule is O=C(CN1C(=O)CNC1=O)Nc1ccc(OCc2ccccc2)cc1. The Balaban J connectivity index is 1.51. The number of ether oxygens (including phenoxy) is 1. The number of imide groups is 1. The molecule has 0 aliphatic carbocycles. The van der Waals surface area contributed by atoms with E-state index < -0.39 is 17.8 Å². The zero-order valence-electron chi connectivity index (χ0n) is 13.4. The van der Waals surface area contributed by atoms with Crippen LogP contribution in [0.5, 0.6) is 5.75 Å². The summed E-state index contributed by atoms with van der Waals surface area (Å²) in [6.45, 7) is 0.0786. The number of urea groups is 1. The van der Waals surface area contributed by atoms with Gasteiger partial charge in [0.25, 0.3) is 5.91 Å². The predicted octanol–water partition coefficient (Wildman–Crippen LogP) is 1.76. The minimum atomic E-state index is -0.551. The maximum Gasteiger partial charge on any atom is 0.325 e. The van der Waals surface area contributed by atoms with Gasteiger partial charge in [0.05, 0.1) is 6.54 Å². The van der Waals surface area contributed by atoms with Gasteiger partial charge in [-0.15, -0.1) is 0 Å².